The lowest BCUT2D eigenvalue weighted by molar-refractivity contribution is 0.510. The summed E-state index contributed by atoms with van der Waals surface area (Å²) in [6.45, 7) is 2.57. The third-order valence-electron chi connectivity index (χ3n) is 2.45. The maximum Gasteiger partial charge on any atom is 0.181 e. The van der Waals surface area contributed by atoms with E-state index in [9.17, 15) is 0 Å². The van der Waals surface area contributed by atoms with Gasteiger partial charge in [0.25, 0.3) is 0 Å². The molecule has 1 aromatic heterocycles. The summed E-state index contributed by atoms with van der Waals surface area (Å²) in [7, 11) is 0. The van der Waals surface area contributed by atoms with Crippen LogP contribution in [0.3, 0.4) is 0 Å². The quantitative estimate of drug-likeness (QED) is 0.831. The Hall–Kier alpha value is -1.61. The van der Waals surface area contributed by atoms with Crippen molar-refractivity contribution >= 4 is 0 Å². The van der Waals surface area contributed by atoms with E-state index >= 15 is 0 Å². The van der Waals surface area contributed by atoms with Crippen LogP contribution in [0.1, 0.15) is 18.2 Å². The van der Waals surface area contributed by atoms with Crippen LogP contribution in [-0.4, -0.2) is 4.98 Å². The molecule has 0 aliphatic heterocycles. The van der Waals surface area contributed by atoms with E-state index in [4.69, 9.17) is 10.2 Å². The van der Waals surface area contributed by atoms with E-state index in [1.54, 1.807) is 0 Å². The maximum absolute atomic E-state index is 5.69. The lowest BCUT2D eigenvalue weighted by Crippen LogP contribution is -1.99. The molecule has 0 saturated heterocycles. The lowest BCUT2D eigenvalue weighted by atomic mass is 10.0. The zero-order chi connectivity index (χ0) is 10.7. The van der Waals surface area contributed by atoms with Crippen LogP contribution in [0.4, 0.5) is 0 Å². The highest BCUT2D eigenvalue weighted by molar-refractivity contribution is 5.65. The van der Waals surface area contributed by atoms with Crippen LogP contribution in [0.5, 0.6) is 0 Å². The highest BCUT2D eigenvalue weighted by Crippen LogP contribution is 2.25. The minimum absolute atomic E-state index is 0.520. The van der Waals surface area contributed by atoms with Gasteiger partial charge in [-0.1, -0.05) is 31.2 Å². The molecule has 2 N–H and O–H groups in total. The lowest BCUT2D eigenvalue weighted by Gasteiger charge is -2.05. The second-order valence-electron chi connectivity index (χ2n) is 3.34. The Morgan fingerprint density at radius 1 is 1.33 bits per heavy atom. The molecule has 0 fully saturated rings. The molecule has 1 aromatic carbocycles. The van der Waals surface area contributed by atoms with Crippen LogP contribution in [0, 0.1) is 0 Å². The number of hydrogen-bond acceptors (Lipinski definition) is 3. The van der Waals surface area contributed by atoms with E-state index in [2.05, 4.69) is 11.9 Å². The van der Waals surface area contributed by atoms with Gasteiger partial charge in [-0.3, -0.25) is 0 Å². The summed E-state index contributed by atoms with van der Waals surface area (Å²) in [5, 5.41) is 0. The first kappa shape index (κ1) is 9.93. The Labute approximate surface area is 88.9 Å². The number of benzene rings is 1. The molecule has 0 amide bonds. The van der Waals surface area contributed by atoms with Gasteiger partial charge in [-0.25, -0.2) is 4.98 Å². The highest BCUT2D eigenvalue weighted by Gasteiger charge is 2.11. The molecular formula is C12H14N2O. The molecular weight excluding hydrogens is 188 g/mol. The van der Waals surface area contributed by atoms with E-state index in [-0.39, 0.29) is 0 Å². The fraction of sp³-hybridized carbons (Fsp3) is 0.250. The minimum atomic E-state index is 0.520. The largest absolute Gasteiger partial charge is 0.448 e. The van der Waals surface area contributed by atoms with Crippen LogP contribution in [-0.2, 0) is 13.0 Å². The third-order valence-corrected chi connectivity index (χ3v) is 2.45. The Balaban J connectivity index is 2.53. The summed E-state index contributed by atoms with van der Waals surface area (Å²) in [4.78, 5) is 4.24. The van der Waals surface area contributed by atoms with Gasteiger partial charge in [0.05, 0.1) is 0 Å². The fourth-order valence-electron chi connectivity index (χ4n) is 1.67. The molecule has 0 aliphatic carbocycles. The van der Waals surface area contributed by atoms with Crippen molar-refractivity contribution in [3.63, 3.8) is 0 Å². The van der Waals surface area contributed by atoms with Crippen LogP contribution in [0.2, 0.25) is 0 Å². The Kier molecular flexibility index (Phi) is 2.83. The van der Waals surface area contributed by atoms with E-state index in [1.807, 2.05) is 24.3 Å². The van der Waals surface area contributed by atoms with Crippen molar-refractivity contribution in [2.45, 2.75) is 19.9 Å². The van der Waals surface area contributed by atoms with Gasteiger partial charge in [0.1, 0.15) is 11.5 Å². The molecule has 3 heteroatoms. The molecule has 2 rings (SSSR count). The fourth-order valence-corrected chi connectivity index (χ4v) is 1.67. The van der Waals surface area contributed by atoms with Gasteiger partial charge >= 0.3 is 0 Å². The van der Waals surface area contributed by atoms with Crippen molar-refractivity contribution in [2.75, 3.05) is 0 Å². The molecule has 2 aromatic rings. The van der Waals surface area contributed by atoms with Gasteiger partial charge in [-0.05, 0) is 5.56 Å². The molecule has 0 unspecified atom stereocenters. The van der Waals surface area contributed by atoms with Gasteiger partial charge in [-0.2, -0.15) is 0 Å². The first-order valence-electron chi connectivity index (χ1n) is 5.07. The number of aryl methyl sites for hydroxylation is 1. The van der Waals surface area contributed by atoms with E-state index < -0.39 is 0 Å². The van der Waals surface area contributed by atoms with Crippen LogP contribution in [0.25, 0.3) is 11.3 Å². The summed E-state index contributed by atoms with van der Waals surface area (Å²) in [6, 6.07) is 8.02. The number of nitrogens with two attached hydrogens (primary N) is 1. The number of rotatable bonds is 3. The van der Waals surface area contributed by atoms with Gasteiger partial charge in [-0.15, -0.1) is 0 Å². The molecule has 78 valence electrons. The normalized spacial score (nSPS) is 10.5. The molecule has 0 spiro atoms. The van der Waals surface area contributed by atoms with E-state index in [0.29, 0.717) is 6.54 Å². The molecule has 0 bridgehead atoms. The van der Waals surface area contributed by atoms with E-state index in [1.165, 1.54) is 6.39 Å². The number of oxazole rings is 1. The molecule has 15 heavy (non-hydrogen) atoms. The van der Waals surface area contributed by atoms with Crippen molar-refractivity contribution in [2.24, 2.45) is 5.73 Å². The molecule has 1 heterocycles. The second-order valence-corrected chi connectivity index (χ2v) is 3.34. The van der Waals surface area contributed by atoms with Gasteiger partial charge in [0, 0.05) is 18.5 Å². The molecule has 0 radical (unpaired) electrons. The molecule has 3 nitrogen and oxygen atoms in total. The van der Waals surface area contributed by atoms with Crippen molar-refractivity contribution in [3.8, 4) is 11.3 Å². The second kappa shape index (κ2) is 4.28. The highest BCUT2D eigenvalue weighted by atomic mass is 16.3. The monoisotopic (exact) mass is 202 g/mol. The third kappa shape index (κ3) is 1.78. The maximum atomic E-state index is 5.69. The average Bonchev–Trinajstić information content (AvgIpc) is 2.76. The first-order chi connectivity index (χ1) is 7.36. The SMILES string of the molecule is CCc1ocnc1-c1ccccc1CN. The zero-order valence-corrected chi connectivity index (χ0v) is 8.73. The molecule has 0 atom stereocenters. The van der Waals surface area contributed by atoms with Crippen molar-refractivity contribution < 1.29 is 4.42 Å². The van der Waals surface area contributed by atoms with Crippen molar-refractivity contribution in [1.29, 1.82) is 0 Å². The Morgan fingerprint density at radius 3 is 2.87 bits per heavy atom. The van der Waals surface area contributed by atoms with Gasteiger partial charge < -0.3 is 10.2 Å². The van der Waals surface area contributed by atoms with Crippen LogP contribution >= 0.6 is 0 Å². The minimum Gasteiger partial charge on any atom is -0.448 e. The van der Waals surface area contributed by atoms with Crippen LogP contribution in [0.15, 0.2) is 35.1 Å². The number of hydrogen-bond donors (Lipinski definition) is 1. The summed E-state index contributed by atoms with van der Waals surface area (Å²) in [6.07, 6.45) is 2.33. The van der Waals surface area contributed by atoms with Crippen molar-refractivity contribution in [3.05, 3.63) is 42.0 Å². The topological polar surface area (TPSA) is 52.0 Å². The smallest absolute Gasteiger partial charge is 0.181 e. The van der Waals surface area contributed by atoms with E-state index in [0.717, 1.165) is 29.0 Å². The van der Waals surface area contributed by atoms with Gasteiger partial charge in [0.15, 0.2) is 6.39 Å². The average molecular weight is 202 g/mol. The number of nitrogens with zero attached hydrogens (tertiary/aromatic N) is 1. The van der Waals surface area contributed by atoms with Gasteiger partial charge in [0.2, 0.25) is 0 Å². The zero-order valence-electron chi connectivity index (χ0n) is 8.73. The Bertz CT molecular complexity index is 448. The predicted octanol–water partition coefficient (Wildman–Crippen LogP) is 2.36. The predicted molar refractivity (Wildman–Crippen MR) is 59.2 cm³/mol. The first-order valence-corrected chi connectivity index (χ1v) is 5.07. The molecule has 0 aliphatic rings. The van der Waals surface area contributed by atoms with Crippen molar-refractivity contribution in [1.82, 2.24) is 4.98 Å². The Morgan fingerprint density at radius 2 is 2.13 bits per heavy atom. The number of aromatic nitrogens is 1. The summed E-state index contributed by atoms with van der Waals surface area (Å²) >= 11 is 0. The molecule has 0 saturated carbocycles. The summed E-state index contributed by atoms with van der Waals surface area (Å²) in [5.41, 5.74) is 8.78. The van der Waals surface area contributed by atoms with Crippen LogP contribution < -0.4 is 5.73 Å². The standard InChI is InChI=1S/C12H14N2O/c1-2-11-12(14-8-15-11)10-6-4-3-5-9(10)7-13/h3-6,8H,2,7,13H2,1H3. The summed E-state index contributed by atoms with van der Waals surface area (Å²) < 4.78 is 5.32. The summed E-state index contributed by atoms with van der Waals surface area (Å²) in [5.74, 6) is 0.913.